The number of hydrogen-bond donors (Lipinski definition) is 2. The average molecular weight is 295 g/mol. The van der Waals surface area contributed by atoms with Gasteiger partial charge in [0.1, 0.15) is 5.69 Å². The predicted octanol–water partition coefficient (Wildman–Crippen LogP) is 1.83. The summed E-state index contributed by atoms with van der Waals surface area (Å²) in [6, 6.07) is 1.29. The Balaban J connectivity index is 3.60. The first-order valence-corrected chi connectivity index (χ1v) is 4.91. The van der Waals surface area contributed by atoms with Crippen LogP contribution >= 0.6 is 23.2 Å². The summed E-state index contributed by atoms with van der Waals surface area (Å²) in [4.78, 5) is 22.0. The van der Waals surface area contributed by atoms with Crippen molar-refractivity contribution in [2.75, 3.05) is 10.5 Å². The van der Waals surface area contributed by atoms with Crippen molar-refractivity contribution in [3.05, 3.63) is 33.7 Å². The van der Waals surface area contributed by atoms with E-state index in [-0.39, 0.29) is 0 Å². The molecule has 0 aromatic heterocycles. The molecule has 18 heavy (non-hydrogen) atoms. The molecule has 2 N–H and O–H groups in total. The van der Waals surface area contributed by atoms with Crippen LogP contribution in [0.25, 0.3) is 0 Å². The lowest BCUT2D eigenvalue weighted by Crippen LogP contribution is -2.17. The number of carbonyl (C=O) groups is 2. The van der Waals surface area contributed by atoms with E-state index < -0.39 is 43.4 Å². The Kier molecular flexibility index (Phi) is 4.46. The van der Waals surface area contributed by atoms with Gasteiger partial charge in [-0.2, -0.15) is 0 Å². The summed E-state index contributed by atoms with van der Waals surface area (Å²) in [7, 11) is 0. The van der Waals surface area contributed by atoms with E-state index in [0.717, 1.165) is 0 Å². The zero-order chi connectivity index (χ0) is 14.0. The van der Waals surface area contributed by atoms with Crippen LogP contribution in [0.4, 0.5) is 11.4 Å². The van der Waals surface area contributed by atoms with E-state index in [1.165, 1.54) is 0 Å². The summed E-state index contributed by atoms with van der Waals surface area (Å²) in [5.41, 5.74) is -2.55. The lowest BCUT2D eigenvalue weighted by Gasteiger charge is -2.39. The van der Waals surface area contributed by atoms with E-state index in [1.54, 1.807) is 0 Å². The molecule has 0 unspecified atom stereocenters. The molecule has 0 aliphatic rings. The fourth-order valence-electron chi connectivity index (χ4n) is 1.21. The Hall–Kier alpha value is -1.42. The second-order valence-corrected chi connectivity index (χ2v) is 3.67. The minimum absolute atomic E-state index is 0.517. The third-order valence-electron chi connectivity index (χ3n) is 1.95. The normalized spacial score (nSPS) is 10.1. The molecule has 0 saturated carbocycles. The van der Waals surface area contributed by atoms with Gasteiger partial charge in [-0.15, -0.1) is 5.23 Å². The smallest absolute Gasteiger partial charge is 0.254 e. The van der Waals surface area contributed by atoms with E-state index in [4.69, 9.17) is 33.6 Å². The number of rotatable bonds is 4. The molecule has 0 heterocycles. The van der Waals surface area contributed by atoms with Crippen LogP contribution < -0.4 is 10.5 Å². The molecule has 0 bridgehead atoms. The topological polar surface area (TPSA) is 127 Å². The van der Waals surface area contributed by atoms with Gasteiger partial charge in [0.25, 0.3) is 10.5 Å². The van der Waals surface area contributed by atoms with Gasteiger partial charge in [-0.25, -0.2) is 0 Å². The van der Waals surface area contributed by atoms with Crippen molar-refractivity contribution in [1.29, 1.82) is 0 Å². The predicted molar refractivity (Wildman–Crippen MR) is 62.1 cm³/mol. The fourth-order valence-corrected chi connectivity index (χ4v) is 1.51. The molecule has 1 aromatic rings. The average Bonchev–Trinajstić information content (AvgIpc) is 2.26. The Morgan fingerprint density at radius 1 is 1.00 bits per heavy atom. The highest BCUT2D eigenvalue weighted by molar-refractivity contribution is 6.69. The zero-order valence-corrected chi connectivity index (χ0v) is 9.84. The lowest BCUT2D eigenvalue weighted by atomic mass is 10.1. The first-order chi connectivity index (χ1) is 8.25. The fraction of sp³-hybridized carbons (Fsp3) is 0. The maximum atomic E-state index is 11.0. The van der Waals surface area contributed by atoms with E-state index in [9.17, 15) is 20.0 Å². The van der Waals surface area contributed by atoms with Gasteiger partial charge in [0.15, 0.2) is 0 Å². The van der Waals surface area contributed by atoms with Crippen molar-refractivity contribution in [3.63, 3.8) is 0 Å². The van der Waals surface area contributed by atoms with Crippen LogP contribution in [0.3, 0.4) is 0 Å². The number of nitrogens with zero attached hydrogens (tertiary/aromatic N) is 2. The summed E-state index contributed by atoms with van der Waals surface area (Å²) in [6.07, 6.45) is 0. The zero-order valence-electron chi connectivity index (χ0n) is 8.33. The van der Waals surface area contributed by atoms with Gasteiger partial charge in [0.05, 0.1) is 11.1 Å². The standard InChI is InChI=1S/C8H4Cl2N2O6/c9-7(13)3-1-4(8(10)14)6(12(17)18)2-5(3)11(15)16/h1-2,15-16H/q-2. The van der Waals surface area contributed by atoms with E-state index in [0.29, 0.717) is 12.1 Å². The molecule has 0 aliphatic heterocycles. The highest BCUT2D eigenvalue weighted by atomic mass is 35.5. The molecular formula is C8H4Cl2N2O6-2. The molecular weight excluding hydrogens is 291 g/mol. The molecule has 98 valence electrons. The summed E-state index contributed by atoms with van der Waals surface area (Å²) in [5, 5.41) is 35.2. The number of benzene rings is 1. The van der Waals surface area contributed by atoms with Crippen molar-refractivity contribution in [2.24, 2.45) is 0 Å². The quantitative estimate of drug-likeness (QED) is 0.636. The second kappa shape index (κ2) is 5.48. The molecule has 0 radical (unpaired) electrons. The van der Waals surface area contributed by atoms with Crippen molar-refractivity contribution < 1.29 is 20.0 Å². The van der Waals surface area contributed by atoms with Crippen LogP contribution in [-0.4, -0.2) is 20.9 Å². The van der Waals surface area contributed by atoms with Crippen molar-refractivity contribution >= 4 is 45.1 Å². The van der Waals surface area contributed by atoms with Gasteiger partial charge in [0.2, 0.25) is 0 Å². The molecule has 0 aliphatic carbocycles. The molecule has 1 rings (SSSR count). The molecule has 0 amide bonds. The Morgan fingerprint density at radius 3 is 1.78 bits per heavy atom. The van der Waals surface area contributed by atoms with Crippen molar-refractivity contribution in [3.8, 4) is 0 Å². The summed E-state index contributed by atoms with van der Waals surface area (Å²) in [5.74, 6) is 0. The van der Waals surface area contributed by atoms with Gasteiger partial charge in [-0.1, -0.05) is 0 Å². The maximum Gasteiger partial charge on any atom is 0.254 e. The molecule has 0 atom stereocenters. The third kappa shape index (κ3) is 2.88. The van der Waals surface area contributed by atoms with Crippen molar-refractivity contribution in [2.45, 2.75) is 0 Å². The van der Waals surface area contributed by atoms with Crippen LogP contribution in [0.5, 0.6) is 0 Å². The number of hydrogen-bond acceptors (Lipinski definition) is 8. The highest BCUT2D eigenvalue weighted by Crippen LogP contribution is 2.31. The summed E-state index contributed by atoms with van der Waals surface area (Å²) in [6.45, 7) is 0. The van der Waals surface area contributed by atoms with Crippen LogP contribution in [0, 0.1) is 10.4 Å². The van der Waals surface area contributed by atoms with Gasteiger partial charge in [-0.3, -0.25) is 20.0 Å². The van der Waals surface area contributed by atoms with Gasteiger partial charge in [0, 0.05) is 5.69 Å². The monoisotopic (exact) mass is 294 g/mol. The molecule has 1 aromatic carbocycles. The summed E-state index contributed by atoms with van der Waals surface area (Å²) >= 11 is 10.3. The minimum atomic E-state index is -1.19. The first kappa shape index (κ1) is 14.6. The van der Waals surface area contributed by atoms with Crippen LogP contribution in [-0.2, 0) is 0 Å². The highest BCUT2D eigenvalue weighted by Gasteiger charge is 2.19. The molecule has 0 spiro atoms. The number of anilines is 2. The van der Waals surface area contributed by atoms with E-state index >= 15 is 0 Å². The Labute approximate surface area is 110 Å². The van der Waals surface area contributed by atoms with Gasteiger partial charge >= 0.3 is 0 Å². The SMILES string of the molecule is O=C(Cl)c1cc(C(=O)Cl)c(N(O)O)cc1N([O-])[O-]. The molecule has 8 nitrogen and oxygen atoms in total. The van der Waals surface area contributed by atoms with Crippen LogP contribution in [0.2, 0.25) is 0 Å². The minimum Gasteiger partial charge on any atom is -0.769 e. The van der Waals surface area contributed by atoms with Gasteiger partial charge < -0.3 is 15.6 Å². The van der Waals surface area contributed by atoms with Crippen LogP contribution in [0.15, 0.2) is 12.1 Å². The molecule has 0 fully saturated rings. The third-order valence-corrected chi connectivity index (χ3v) is 2.36. The van der Waals surface area contributed by atoms with E-state index in [2.05, 4.69) is 0 Å². The number of carbonyl (C=O) groups excluding carboxylic acids is 2. The summed E-state index contributed by atoms with van der Waals surface area (Å²) < 4.78 is 0. The molecule has 10 heteroatoms. The lowest BCUT2D eigenvalue weighted by molar-refractivity contribution is 0.0286. The Bertz CT molecular complexity index is 463. The van der Waals surface area contributed by atoms with Crippen LogP contribution in [0.1, 0.15) is 20.7 Å². The van der Waals surface area contributed by atoms with E-state index in [1.807, 2.05) is 0 Å². The van der Waals surface area contributed by atoms with Crippen molar-refractivity contribution in [1.82, 2.24) is 0 Å². The first-order valence-electron chi connectivity index (χ1n) is 4.15. The van der Waals surface area contributed by atoms with Gasteiger partial charge in [-0.05, 0) is 35.3 Å². The maximum absolute atomic E-state index is 11.0. The largest absolute Gasteiger partial charge is 0.769 e. The Morgan fingerprint density at radius 2 is 1.44 bits per heavy atom. The molecule has 0 saturated heterocycles. The number of halogens is 2. The second-order valence-electron chi connectivity index (χ2n) is 2.98.